The van der Waals surface area contributed by atoms with Crippen molar-refractivity contribution in [1.29, 1.82) is 0 Å². The van der Waals surface area contributed by atoms with Crippen LogP contribution in [0.4, 0.5) is 0 Å². The predicted octanol–water partition coefficient (Wildman–Crippen LogP) is 1.05. The number of aromatic nitrogens is 2. The maximum absolute atomic E-state index is 11.9. The fourth-order valence-corrected chi connectivity index (χ4v) is 2.41. The van der Waals surface area contributed by atoms with E-state index in [1.165, 1.54) is 0 Å². The van der Waals surface area contributed by atoms with Crippen molar-refractivity contribution in [3.05, 3.63) is 18.0 Å². The zero-order valence-electron chi connectivity index (χ0n) is 9.72. The van der Waals surface area contributed by atoms with E-state index >= 15 is 0 Å². The van der Waals surface area contributed by atoms with Crippen LogP contribution in [0.25, 0.3) is 0 Å². The molecule has 1 aliphatic rings. The van der Waals surface area contributed by atoms with Crippen molar-refractivity contribution in [1.82, 2.24) is 9.78 Å². The molecule has 2 N–H and O–H groups in total. The van der Waals surface area contributed by atoms with Gasteiger partial charge in [0.2, 0.25) is 0 Å². The van der Waals surface area contributed by atoms with Crippen molar-refractivity contribution < 1.29 is 4.79 Å². The van der Waals surface area contributed by atoms with Crippen LogP contribution >= 0.6 is 0 Å². The summed E-state index contributed by atoms with van der Waals surface area (Å²) < 4.78 is 1.83. The number of carbonyl (C=O) groups is 1. The first-order valence-electron chi connectivity index (χ1n) is 5.92. The Balaban J connectivity index is 1.82. The maximum atomic E-state index is 11.9. The van der Waals surface area contributed by atoms with Crippen LogP contribution in [-0.4, -0.2) is 21.6 Å². The highest BCUT2D eigenvalue weighted by Gasteiger charge is 2.27. The third kappa shape index (κ3) is 2.50. The van der Waals surface area contributed by atoms with Gasteiger partial charge in [0.1, 0.15) is 5.78 Å². The summed E-state index contributed by atoms with van der Waals surface area (Å²) in [5.74, 6) is 0.581. The number of rotatable bonds is 4. The van der Waals surface area contributed by atoms with Crippen LogP contribution < -0.4 is 5.73 Å². The van der Waals surface area contributed by atoms with E-state index in [1.807, 2.05) is 17.8 Å². The first-order valence-corrected chi connectivity index (χ1v) is 5.92. The summed E-state index contributed by atoms with van der Waals surface area (Å²) in [4.78, 5) is 11.9. The Labute approximate surface area is 95.8 Å². The summed E-state index contributed by atoms with van der Waals surface area (Å²) in [6.07, 6.45) is 6.04. The second kappa shape index (κ2) is 4.78. The van der Waals surface area contributed by atoms with Gasteiger partial charge in [-0.05, 0) is 31.7 Å². The highest BCUT2D eigenvalue weighted by molar-refractivity contribution is 5.81. The van der Waals surface area contributed by atoms with Gasteiger partial charge in [0.25, 0.3) is 0 Å². The highest BCUT2D eigenvalue weighted by Crippen LogP contribution is 2.26. The van der Waals surface area contributed by atoms with Crippen molar-refractivity contribution in [3.8, 4) is 0 Å². The molecule has 16 heavy (non-hydrogen) atoms. The molecule has 1 heterocycles. The van der Waals surface area contributed by atoms with Gasteiger partial charge >= 0.3 is 0 Å². The number of Topliss-reactive ketones (excluding diaryl/α,β-unsaturated/α-hetero) is 1. The second-order valence-corrected chi connectivity index (χ2v) is 4.68. The summed E-state index contributed by atoms with van der Waals surface area (Å²) in [5, 5.41) is 4.09. The van der Waals surface area contributed by atoms with Gasteiger partial charge < -0.3 is 5.73 Å². The van der Waals surface area contributed by atoms with Gasteiger partial charge in [-0.1, -0.05) is 0 Å². The first kappa shape index (κ1) is 11.3. The molecule has 0 aliphatic heterocycles. The van der Waals surface area contributed by atoms with Crippen LogP contribution in [0.2, 0.25) is 0 Å². The largest absolute Gasteiger partial charge is 0.328 e. The lowest BCUT2D eigenvalue weighted by Crippen LogP contribution is -2.18. The van der Waals surface area contributed by atoms with E-state index in [0.29, 0.717) is 12.2 Å². The normalized spacial score (nSPS) is 24.9. The SMILES string of the molecule is Cn1nccc1CCC(=O)C1CCC(N)C1. The van der Waals surface area contributed by atoms with Gasteiger partial charge in [0, 0.05) is 37.3 Å². The van der Waals surface area contributed by atoms with Crippen molar-refractivity contribution in [2.75, 3.05) is 0 Å². The molecule has 0 amide bonds. The van der Waals surface area contributed by atoms with Gasteiger partial charge in [-0.3, -0.25) is 9.48 Å². The molecule has 1 aromatic rings. The monoisotopic (exact) mass is 221 g/mol. The van der Waals surface area contributed by atoms with Gasteiger partial charge in [-0.2, -0.15) is 5.10 Å². The molecule has 0 bridgehead atoms. The molecule has 1 fully saturated rings. The lowest BCUT2D eigenvalue weighted by atomic mass is 9.98. The Morgan fingerprint density at radius 1 is 1.62 bits per heavy atom. The second-order valence-electron chi connectivity index (χ2n) is 4.68. The van der Waals surface area contributed by atoms with Crippen LogP contribution in [-0.2, 0) is 18.3 Å². The number of carbonyl (C=O) groups excluding carboxylic acids is 1. The van der Waals surface area contributed by atoms with Gasteiger partial charge in [0.15, 0.2) is 0 Å². The zero-order chi connectivity index (χ0) is 11.5. The van der Waals surface area contributed by atoms with Crippen molar-refractivity contribution in [3.63, 3.8) is 0 Å². The number of hydrogen-bond donors (Lipinski definition) is 1. The number of nitrogens with zero attached hydrogens (tertiary/aromatic N) is 2. The van der Waals surface area contributed by atoms with E-state index in [1.54, 1.807) is 6.20 Å². The summed E-state index contributed by atoms with van der Waals surface area (Å²) in [6.45, 7) is 0. The lowest BCUT2D eigenvalue weighted by molar-refractivity contribution is -0.122. The minimum absolute atomic E-state index is 0.211. The fourth-order valence-electron chi connectivity index (χ4n) is 2.41. The smallest absolute Gasteiger partial charge is 0.136 e. The molecule has 1 saturated carbocycles. The lowest BCUT2D eigenvalue weighted by Gasteiger charge is -2.08. The summed E-state index contributed by atoms with van der Waals surface area (Å²) in [5.41, 5.74) is 6.93. The van der Waals surface area contributed by atoms with Gasteiger partial charge in [0.05, 0.1) is 0 Å². The topological polar surface area (TPSA) is 60.9 Å². The number of hydrogen-bond acceptors (Lipinski definition) is 3. The molecule has 1 aromatic heterocycles. The Morgan fingerprint density at radius 3 is 3.00 bits per heavy atom. The first-order chi connectivity index (χ1) is 7.66. The quantitative estimate of drug-likeness (QED) is 0.826. The molecule has 2 unspecified atom stereocenters. The number of ketones is 1. The molecule has 0 radical (unpaired) electrons. The highest BCUT2D eigenvalue weighted by atomic mass is 16.1. The molecule has 2 atom stereocenters. The molecule has 88 valence electrons. The summed E-state index contributed by atoms with van der Waals surface area (Å²) >= 11 is 0. The van der Waals surface area contributed by atoms with Crippen molar-refractivity contribution in [2.45, 2.75) is 38.1 Å². The third-order valence-corrected chi connectivity index (χ3v) is 3.48. The molecule has 4 heteroatoms. The van der Waals surface area contributed by atoms with Crippen LogP contribution in [0, 0.1) is 5.92 Å². The van der Waals surface area contributed by atoms with Crippen LogP contribution in [0.1, 0.15) is 31.4 Å². The molecular weight excluding hydrogens is 202 g/mol. The molecular formula is C12H19N3O. The minimum Gasteiger partial charge on any atom is -0.328 e. The summed E-state index contributed by atoms with van der Waals surface area (Å²) in [7, 11) is 1.91. The van der Waals surface area contributed by atoms with E-state index in [0.717, 1.165) is 31.4 Å². The predicted molar refractivity (Wildman–Crippen MR) is 61.9 cm³/mol. The molecule has 0 spiro atoms. The maximum Gasteiger partial charge on any atom is 0.136 e. The van der Waals surface area contributed by atoms with Crippen LogP contribution in [0.15, 0.2) is 12.3 Å². The van der Waals surface area contributed by atoms with Gasteiger partial charge in [-0.25, -0.2) is 0 Å². The molecule has 0 saturated heterocycles. The molecule has 2 rings (SSSR count). The van der Waals surface area contributed by atoms with E-state index in [2.05, 4.69) is 5.10 Å². The number of aryl methyl sites for hydroxylation is 2. The van der Waals surface area contributed by atoms with Gasteiger partial charge in [-0.15, -0.1) is 0 Å². The Hall–Kier alpha value is -1.16. The Bertz CT molecular complexity index is 372. The molecule has 0 aromatic carbocycles. The zero-order valence-corrected chi connectivity index (χ0v) is 9.72. The Kier molecular flexibility index (Phi) is 3.39. The average molecular weight is 221 g/mol. The molecule has 1 aliphatic carbocycles. The van der Waals surface area contributed by atoms with E-state index in [-0.39, 0.29) is 12.0 Å². The third-order valence-electron chi connectivity index (χ3n) is 3.48. The van der Waals surface area contributed by atoms with Crippen molar-refractivity contribution >= 4 is 5.78 Å². The Morgan fingerprint density at radius 2 is 2.44 bits per heavy atom. The van der Waals surface area contributed by atoms with E-state index in [4.69, 9.17) is 5.73 Å². The van der Waals surface area contributed by atoms with Crippen LogP contribution in [0.5, 0.6) is 0 Å². The average Bonchev–Trinajstić information content (AvgIpc) is 2.84. The van der Waals surface area contributed by atoms with Crippen molar-refractivity contribution in [2.24, 2.45) is 18.7 Å². The van der Waals surface area contributed by atoms with E-state index in [9.17, 15) is 4.79 Å². The fraction of sp³-hybridized carbons (Fsp3) is 0.667. The van der Waals surface area contributed by atoms with Crippen LogP contribution in [0.3, 0.4) is 0 Å². The minimum atomic E-state index is 0.211. The summed E-state index contributed by atoms with van der Waals surface area (Å²) in [6, 6.07) is 2.21. The number of nitrogens with two attached hydrogens (primary N) is 1. The van der Waals surface area contributed by atoms with E-state index < -0.39 is 0 Å². The molecule has 4 nitrogen and oxygen atoms in total. The standard InChI is InChI=1S/C12H19N3O/c1-15-11(6-7-14-15)4-5-12(16)9-2-3-10(13)8-9/h6-7,9-10H,2-5,8,13H2,1H3.